The van der Waals surface area contributed by atoms with E-state index in [1.165, 1.54) is 0 Å². The van der Waals surface area contributed by atoms with Crippen LogP contribution in [0.25, 0.3) is 0 Å². The topological polar surface area (TPSA) is 54.5 Å². The molecule has 16 heavy (non-hydrogen) atoms. The highest BCUT2D eigenvalue weighted by atomic mass is 32.3. The molecule has 1 heterocycles. The van der Waals surface area contributed by atoms with Crippen molar-refractivity contribution >= 4 is 16.1 Å². The van der Waals surface area contributed by atoms with E-state index in [0.717, 1.165) is 6.42 Å². The van der Waals surface area contributed by atoms with Crippen LogP contribution in [0.15, 0.2) is 0 Å². The van der Waals surface area contributed by atoms with Crippen LogP contribution in [0.3, 0.4) is 0 Å². The molecule has 1 amide bonds. The molecule has 6 heteroatoms. The molecule has 1 fully saturated rings. The van der Waals surface area contributed by atoms with Gasteiger partial charge in [0.25, 0.3) is 0 Å². The Hall–Kier alpha value is -0.650. The summed E-state index contributed by atoms with van der Waals surface area (Å²) in [7, 11) is -4.46. The Morgan fingerprint density at radius 1 is 1.50 bits per heavy atom. The Kier molecular flexibility index (Phi) is 4.29. The summed E-state index contributed by atoms with van der Waals surface area (Å²) in [6, 6.07) is 0. The third-order valence-electron chi connectivity index (χ3n) is 2.71. The predicted molar refractivity (Wildman–Crippen MR) is 59.0 cm³/mol. The molecule has 4 nitrogen and oxygen atoms in total. The van der Waals surface area contributed by atoms with E-state index in [1.54, 1.807) is 4.90 Å². The molecule has 94 valence electrons. The van der Waals surface area contributed by atoms with Gasteiger partial charge in [0.15, 0.2) is 0 Å². The summed E-state index contributed by atoms with van der Waals surface area (Å²) < 4.78 is 33.4. The van der Waals surface area contributed by atoms with Gasteiger partial charge in [0.05, 0.1) is 5.75 Å². The van der Waals surface area contributed by atoms with Gasteiger partial charge in [-0.25, -0.2) is 0 Å². The maximum absolute atomic E-state index is 12.5. The summed E-state index contributed by atoms with van der Waals surface area (Å²) in [4.78, 5) is 13.1. The average Bonchev–Trinajstić information content (AvgIpc) is 2.39. The smallest absolute Gasteiger partial charge is 0.302 e. The van der Waals surface area contributed by atoms with Crippen LogP contribution in [-0.4, -0.2) is 38.1 Å². The first-order valence-electron chi connectivity index (χ1n) is 5.48. The van der Waals surface area contributed by atoms with Crippen molar-refractivity contribution in [1.82, 2.24) is 4.90 Å². The van der Waals surface area contributed by atoms with E-state index in [9.17, 15) is 17.1 Å². The van der Waals surface area contributed by atoms with Crippen LogP contribution >= 0.6 is 0 Å². The zero-order chi connectivity index (χ0) is 12.3. The Morgan fingerprint density at radius 3 is 2.62 bits per heavy atom. The van der Waals surface area contributed by atoms with Crippen molar-refractivity contribution in [2.24, 2.45) is 11.8 Å². The van der Waals surface area contributed by atoms with E-state index in [2.05, 4.69) is 13.8 Å². The summed E-state index contributed by atoms with van der Waals surface area (Å²) in [5.74, 6) is -0.475. The molecule has 1 atom stereocenters. The van der Waals surface area contributed by atoms with Gasteiger partial charge >= 0.3 is 10.2 Å². The second kappa shape index (κ2) is 5.12. The molecule has 1 saturated heterocycles. The molecule has 0 bridgehead atoms. The third kappa shape index (κ3) is 4.47. The van der Waals surface area contributed by atoms with Gasteiger partial charge < -0.3 is 4.90 Å². The fraction of sp³-hybridized carbons (Fsp3) is 0.900. The van der Waals surface area contributed by atoms with Crippen molar-refractivity contribution in [3.05, 3.63) is 0 Å². The minimum atomic E-state index is -4.46. The molecular formula is C10H18FNO3S. The highest BCUT2D eigenvalue weighted by molar-refractivity contribution is 7.86. The highest BCUT2D eigenvalue weighted by Gasteiger charge is 2.32. The molecule has 0 saturated carbocycles. The fourth-order valence-corrected chi connectivity index (χ4v) is 2.66. The van der Waals surface area contributed by atoms with Crippen molar-refractivity contribution in [2.45, 2.75) is 26.7 Å². The fourth-order valence-electron chi connectivity index (χ4n) is 1.88. The molecule has 0 aromatic rings. The summed E-state index contributed by atoms with van der Waals surface area (Å²) >= 11 is 0. The Bertz CT molecular complexity index is 353. The number of rotatable bonds is 5. The Balaban J connectivity index is 2.44. The number of carbonyl (C=O) groups excluding carboxylic acids is 1. The van der Waals surface area contributed by atoms with Crippen molar-refractivity contribution < 1.29 is 17.1 Å². The molecule has 1 unspecified atom stereocenters. The summed E-state index contributed by atoms with van der Waals surface area (Å²) in [6.45, 7) is 5.13. The van der Waals surface area contributed by atoms with E-state index in [4.69, 9.17) is 0 Å². The first kappa shape index (κ1) is 13.4. The maximum Gasteiger partial charge on any atom is 0.302 e. The quantitative estimate of drug-likeness (QED) is 0.689. The van der Waals surface area contributed by atoms with Crippen LogP contribution < -0.4 is 0 Å². The number of hydrogen-bond donors (Lipinski definition) is 0. The zero-order valence-electron chi connectivity index (χ0n) is 9.65. The maximum atomic E-state index is 12.5. The number of carbonyl (C=O) groups is 1. The largest absolute Gasteiger partial charge is 0.342 e. The van der Waals surface area contributed by atoms with Crippen LogP contribution in [0.1, 0.15) is 26.7 Å². The highest BCUT2D eigenvalue weighted by Crippen LogP contribution is 2.20. The van der Waals surface area contributed by atoms with Crippen LogP contribution in [0.4, 0.5) is 3.89 Å². The lowest BCUT2D eigenvalue weighted by atomic mass is 10.1. The molecular weight excluding hydrogens is 233 g/mol. The van der Waals surface area contributed by atoms with Gasteiger partial charge in [-0.15, -0.1) is 3.89 Å². The van der Waals surface area contributed by atoms with Gasteiger partial charge in [-0.1, -0.05) is 13.8 Å². The minimum absolute atomic E-state index is 0.0608. The SMILES string of the molecule is CC(C)CCN1CC(CS(=O)(=O)F)CC1=O. The number of hydrogen-bond acceptors (Lipinski definition) is 3. The molecule has 0 aliphatic carbocycles. The number of nitrogens with zero attached hydrogens (tertiary/aromatic N) is 1. The van der Waals surface area contributed by atoms with Gasteiger partial charge in [0.1, 0.15) is 0 Å². The molecule has 0 N–H and O–H groups in total. The van der Waals surface area contributed by atoms with E-state index in [-0.39, 0.29) is 18.2 Å². The van der Waals surface area contributed by atoms with E-state index >= 15 is 0 Å². The number of likely N-dealkylation sites (tertiary alicyclic amines) is 1. The normalized spacial score (nSPS) is 22.1. The molecule has 0 aromatic heterocycles. The number of amides is 1. The monoisotopic (exact) mass is 251 g/mol. The van der Waals surface area contributed by atoms with Crippen molar-refractivity contribution in [1.29, 1.82) is 0 Å². The number of halogens is 1. The van der Waals surface area contributed by atoms with Crippen molar-refractivity contribution in [2.75, 3.05) is 18.8 Å². The molecule has 0 aromatic carbocycles. The van der Waals surface area contributed by atoms with Crippen LogP contribution in [0.2, 0.25) is 0 Å². The second-order valence-electron chi connectivity index (χ2n) is 4.80. The van der Waals surface area contributed by atoms with Gasteiger partial charge in [-0.2, -0.15) is 8.42 Å². The first-order chi connectivity index (χ1) is 7.28. The van der Waals surface area contributed by atoms with Crippen molar-refractivity contribution in [3.8, 4) is 0 Å². The van der Waals surface area contributed by atoms with E-state index in [1.807, 2.05) is 0 Å². The van der Waals surface area contributed by atoms with Crippen molar-refractivity contribution in [3.63, 3.8) is 0 Å². The molecule has 0 radical (unpaired) electrons. The van der Waals surface area contributed by atoms with Gasteiger partial charge in [-0.05, 0) is 12.3 Å². The molecule has 0 spiro atoms. The lowest BCUT2D eigenvalue weighted by Gasteiger charge is -2.17. The predicted octanol–water partition coefficient (Wildman–Crippen LogP) is 1.18. The van der Waals surface area contributed by atoms with Gasteiger partial charge in [0, 0.05) is 25.4 Å². The molecule has 1 aliphatic rings. The van der Waals surface area contributed by atoms with E-state index in [0.29, 0.717) is 19.0 Å². The Labute approximate surface area is 96.0 Å². The standard InChI is InChI=1S/C10H18FNO3S/c1-8(2)3-4-12-6-9(5-10(12)13)7-16(11,14)15/h8-9H,3-7H2,1-2H3. The third-order valence-corrected chi connectivity index (χ3v) is 3.58. The van der Waals surface area contributed by atoms with Crippen LogP contribution in [0, 0.1) is 11.8 Å². The summed E-state index contributed by atoms with van der Waals surface area (Å²) in [5, 5.41) is 0. The molecule has 1 aliphatic heterocycles. The average molecular weight is 251 g/mol. The summed E-state index contributed by atoms with van der Waals surface area (Å²) in [5.41, 5.74) is 0. The lowest BCUT2D eigenvalue weighted by molar-refractivity contribution is -0.127. The lowest BCUT2D eigenvalue weighted by Crippen LogP contribution is -2.27. The van der Waals surface area contributed by atoms with Gasteiger partial charge in [0.2, 0.25) is 5.91 Å². The molecule has 1 rings (SSSR count). The second-order valence-corrected chi connectivity index (χ2v) is 6.21. The summed E-state index contributed by atoms with van der Waals surface area (Å²) in [6.07, 6.45) is 1.04. The van der Waals surface area contributed by atoms with E-state index < -0.39 is 16.0 Å². The zero-order valence-corrected chi connectivity index (χ0v) is 10.5. The van der Waals surface area contributed by atoms with Crippen LogP contribution in [-0.2, 0) is 15.0 Å². The Morgan fingerprint density at radius 2 is 2.12 bits per heavy atom. The minimum Gasteiger partial charge on any atom is -0.342 e. The van der Waals surface area contributed by atoms with Gasteiger partial charge in [-0.3, -0.25) is 4.79 Å². The first-order valence-corrected chi connectivity index (χ1v) is 7.03. The van der Waals surface area contributed by atoms with Crippen LogP contribution in [0.5, 0.6) is 0 Å².